The molecule has 1 aromatic carbocycles. The van der Waals surface area contributed by atoms with Gasteiger partial charge in [-0.3, -0.25) is 14.5 Å². The second-order valence-electron chi connectivity index (χ2n) is 5.90. The summed E-state index contributed by atoms with van der Waals surface area (Å²) in [6.45, 7) is 4.72. The number of carbonyl (C=O) groups is 1. The lowest BCUT2D eigenvalue weighted by molar-refractivity contribution is 0.102. The van der Waals surface area contributed by atoms with Crippen LogP contribution in [0.2, 0.25) is 0 Å². The first-order chi connectivity index (χ1) is 11.6. The molecule has 0 aliphatic carbocycles. The summed E-state index contributed by atoms with van der Waals surface area (Å²) < 4.78 is 1.83. The number of rotatable bonds is 5. The van der Waals surface area contributed by atoms with Gasteiger partial charge in [0.25, 0.3) is 5.91 Å². The van der Waals surface area contributed by atoms with E-state index in [1.807, 2.05) is 61.1 Å². The van der Waals surface area contributed by atoms with Crippen molar-refractivity contribution < 1.29 is 4.79 Å². The Labute approximate surface area is 141 Å². The van der Waals surface area contributed by atoms with Crippen molar-refractivity contribution in [3.8, 4) is 0 Å². The van der Waals surface area contributed by atoms with Gasteiger partial charge in [-0.2, -0.15) is 5.10 Å². The van der Waals surface area contributed by atoms with Gasteiger partial charge in [0, 0.05) is 36.8 Å². The van der Waals surface area contributed by atoms with Crippen LogP contribution in [0.15, 0.2) is 55.0 Å². The Morgan fingerprint density at radius 2 is 1.79 bits per heavy atom. The number of hydrogen-bond donors (Lipinski definition) is 1. The largest absolute Gasteiger partial charge is 0.305 e. The first-order valence-electron chi connectivity index (χ1n) is 7.92. The molecule has 0 aliphatic heterocycles. The maximum Gasteiger partial charge on any atom is 0.256 e. The molecule has 1 N–H and O–H groups in total. The summed E-state index contributed by atoms with van der Waals surface area (Å²) >= 11 is 0. The Kier molecular flexibility index (Phi) is 4.70. The summed E-state index contributed by atoms with van der Waals surface area (Å²) in [6.07, 6.45) is 6.31. The predicted octanol–water partition coefficient (Wildman–Crippen LogP) is 3.39. The highest BCUT2D eigenvalue weighted by Crippen LogP contribution is 2.12. The Balaban J connectivity index is 1.62. The number of nitrogens with one attached hydrogen (secondary N) is 1. The van der Waals surface area contributed by atoms with Crippen molar-refractivity contribution in [3.05, 3.63) is 77.2 Å². The number of carbonyl (C=O) groups excluding carboxylic acids is 1. The van der Waals surface area contributed by atoms with E-state index in [0.29, 0.717) is 11.4 Å². The Hall–Kier alpha value is -2.95. The van der Waals surface area contributed by atoms with E-state index in [2.05, 4.69) is 15.4 Å². The van der Waals surface area contributed by atoms with Gasteiger partial charge in [-0.25, -0.2) is 0 Å². The normalized spacial score (nSPS) is 10.6. The summed E-state index contributed by atoms with van der Waals surface area (Å²) in [7, 11) is 0. The summed E-state index contributed by atoms with van der Waals surface area (Å²) in [6, 6.07) is 11.6. The number of aryl methyl sites for hydroxylation is 4. The highest BCUT2D eigenvalue weighted by atomic mass is 16.1. The van der Waals surface area contributed by atoms with E-state index in [9.17, 15) is 4.79 Å². The molecule has 3 rings (SSSR count). The zero-order valence-corrected chi connectivity index (χ0v) is 13.9. The quantitative estimate of drug-likeness (QED) is 0.784. The molecule has 5 heteroatoms. The minimum atomic E-state index is -0.138. The van der Waals surface area contributed by atoms with Crippen molar-refractivity contribution in [2.45, 2.75) is 26.8 Å². The van der Waals surface area contributed by atoms with Gasteiger partial charge in [0.1, 0.15) is 0 Å². The van der Waals surface area contributed by atoms with Crippen LogP contribution < -0.4 is 5.32 Å². The summed E-state index contributed by atoms with van der Waals surface area (Å²) in [5.74, 6) is 0.426. The van der Waals surface area contributed by atoms with E-state index in [1.54, 1.807) is 12.4 Å². The second kappa shape index (κ2) is 7.08. The van der Waals surface area contributed by atoms with E-state index >= 15 is 0 Å². The molecule has 0 bridgehead atoms. The van der Waals surface area contributed by atoms with E-state index in [4.69, 9.17) is 0 Å². The van der Waals surface area contributed by atoms with Gasteiger partial charge in [0.2, 0.25) is 0 Å². The van der Waals surface area contributed by atoms with Crippen LogP contribution in [-0.4, -0.2) is 20.7 Å². The third-order valence-corrected chi connectivity index (χ3v) is 3.75. The van der Waals surface area contributed by atoms with Crippen molar-refractivity contribution in [2.24, 2.45) is 0 Å². The number of pyridine rings is 1. The zero-order chi connectivity index (χ0) is 16.9. The Bertz CT molecular complexity index is 819. The number of benzene rings is 1. The fourth-order valence-corrected chi connectivity index (χ4v) is 2.64. The van der Waals surface area contributed by atoms with Crippen LogP contribution in [-0.2, 0) is 13.0 Å². The Morgan fingerprint density at radius 3 is 2.50 bits per heavy atom. The lowest BCUT2D eigenvalue weighted by Gasteiger charge is -2.05. The lowest BCUT2D eigenvalue weighted by Crippen LogP contribution is -2.13. The zero-order valence-electron chi connectivity index (χ0n) is 13.9. The molecule has 122 valence electrons. The predicted molar refractivity (Wildman–Crippen MR) is 94.0 cm³/mol. The highest BCUT2D eigenvalue weighted by molar-refractivity contribution is 6.03. The highest BCUT2D eigenvalue weighted by Gasteiger charge is 2.09. The van der Waals surface area contributed by atoms with Gasteiger partial charge in [-0.15, -0.1) is 0 Å². The van der Waals surface area contributed by atoms with Crippen molar-refractivity contribution in [1.29, 1.82) is 0 Å². The molecule has 0 spiro atoms. The molecule has 0 radical (unpaired) electrons. The number of amides is 1. The number of anilines is 1. The second-order valence-corrected chi connectivity index (χ2v) is 5.90. The summed E-state index contributed by atoms with van der Waals surface area (Å²) in [5.41, 5.74) is 4.01. The minimum absolute atomic E-state index is 0.138. The maximum atomic E-state index is 12.3. The monoisotopic (exact) mass is 320 g/mol. The standard InChI is InChI=1S/C19H20N4O/c1-14-11-15(2)13-17(12-14)19(24)21-18-6-10-23(22-18)9-5-16-3-7-20-8-4-16/h3-4,6-8,10-13H,5,9H2,1-2H3,(H,21,22,24). The molecule has 0 unspecified atom stereocenters. The molecule has 0 fully saturated rings. The molecule has 3 aromatic rings. The molecule has 2 aromatic heterocycles. The molecular weight excluding hydrogens is 300 g/mol. The van der Waals surface area contributed by atoms with Crippen LogP contribution >= 0.6 is 0 Å². The van der Waals surface area contributed by atoms with Crippen LogP contribution in [0.3, 0.4) is 0 Å². The fourth-order valence-electron chi connectivity index (χ4n) is 2.64. The number of nitrogens with zero attached hydrogens (tertiary/aromatic N) is 3. The van der Waals surface area contributed by atoms with Gasteiger partial charge < -0.3 is 5.32 Å². The van der Waals surface area contributed by atoms with Crippen molar-refractivity contribution in [2.75, 3.05) is 5.32 Å². The third kappa shape index (κ3) is 4.07. The van der Waals surface area contributed by atoms with Crippen molar-refractivity contribution >= 4 is 11.7 Å². The molecule has 24 heavy (non-hydrogen) atoms. The molecule has 1 amide bonds. The van der Waals surface area contributed by atoms with Gasteiger partial charge in [0.05, 0.1) is 0 Å². The molecule has 0 saturated heterocycles. The summed E-state index contributed by atoms with van der Waals surface area (Å²) in [5, 5.41) is 7.26. The van der Waals surface area contributed by atoms with E-state index < -0.39 is 0 Å². The van der Waals surface area contributed by atoms with Gasteiger partial charge in [0.15, 0.2) is 5.82 Å². The molecule has 2 heterocycles. The summed E-state index contributed by atoms with van der Waals surface area (Å²) in [4.78, 5) is 16.3. The lowest BCUT2D eigenvalue weighted by atomic mass is 10.1. The van der Waals surface area contributed by atoms with Crippen LogP contribution in [0.1, 0.15) is 27.0 Å². The molecular formula is C19H20N4O. The molecule has 0 saturated carbocycles. The topological polar surface area (TPSA) is 59.8 Å². The first kappa shape index (κ1) is 15.9. The number of hydrogen-bond acceptors (Lipinski definition) is 3. The van der Waals surface area contributed by atoms with Gasteiger partial charge >= 0.3 is 0 Å². The SMILES string of the molecule is Cc1cc(C)cc(C(=O)Nc2ccn(CCc3ccncc3)n2)c1. The van der Waals surface area contributed by atoms with Crippen molar-refractivity contribution in [1.82, 2.24) is 14.8 Å². The molecule has 0 aliphatic rings. The third-order valence-electron chi connectivity index (χ3n) is 3.75. The van der Waals surface area contributed by atoms with E-state index in [0.717, 1.165) is 24.1 Å². The Morgan fingerprint density at radius 1 is 1.08 bits per heavy atom. The van der Waals surface area contributed by atoms with Crippen LogP contribution in [0.5, 0.6) is 0 Å². The fraction of sp³-hybridized carbons (Fsp3) is 0.211. The van der Waals surface area contributed by atoms with Crippen LogP contribution in [0, 0.1) is 13.8 Å². The van der Waals surface area contributed by atoms with Crippen LogP contribution in [0.25, 0.3) is 0 Å². The van der Waals surface area contributed by atoms with E-state index in [-0.39, 0.29) is 5.91 Å². The number of aromatic nitrogens is 3. The van der Waals surface area contributed by atoms with Crippen molar-refractivity contribution in [3.63, 3.8) is 0 Å². The van der Waals surface area contributed by atoms with Gasteiger partial charge in [-0.05, 0) is 50.1 Å². The first-order valence-corrected chi connectivity index (χ1v) is 7.92. The van der Waals surface area contributed by atoms with E-state index in [1.165, 1.54) is 5.56 Å². The van der Waals surface area contributed by atoms with Crippen LogP contribution in [0.4, 0.5) is 5.82 Å². The maximum absolute atomic E-state index is 12.3. The average molecular weight is 320 g/mol. The minimum Gasteiger partial charge on any atom is -0.305 e. The smallest absolute Gasteiger partial charge is 0.256 e. The van der Waals surface area contributed by atoms with Gasteiger partial charge in [-0.1, -0.05) is 17.2 Å². The average Bonchev–Trinajstić information content (AvgIpc) is 3.00. The molecule has 5 nitrogen and oxygen atoms in total. The molecule has 0 atom stereocenters.